The van der Waals surface area contributed by atoms with Gasteiger partial charge in [-0.1, -0.05) is 30.0 Å². The fraction of sp³-hybridized carbons (Fsp3) is 0.158. The third-order valence-corrected chi connectivity index (χ3v) is 5.29. The molecule has 1 aromatic carbocycles. The monoisotopic (exact) mass is 364 g/mol. The lowest BCUT2D eigenvalue weighted by Gasteiger charge is -2.09. The van der Waals surface area contributed by atoms with Crippen LogP contribution in [0.25, 0.3) is 16.6 Å². The van der Waals surface area contributed by atoms with Gasteiger partial charge in [-0.2, -0.15) is 0 Å². The number of para-hydroxylation sites is 1. The van der Waals surface area contributed by atoms with Crippen LogP contribution in [0.15, 0.2) is 63.3 Å². The van der Waals surface area contributed by atoms with Gasteiger partial charge < -0.3 is 0 Å². The van der Waals surface area contributed by atoms with Crippen molar-refractivity contribution in [2.45, 2.75) is 17.8 Å². The number of aryl methyl sites for hydroxylation is 1. The molecule has 0 N–H and O–H groups in total. The molecule has 0 amide bonds. The van der Waals surface area contributed by atoms with Crippen LogP contribution in [-0.2, 0) is 12.8 Å². The Labute approximate surface area is 153 Å². The Morgan fingerprint density at radius 3 is 2.69 bits per heavy atom. The maximum Gasteiger partial charge on any atom is 0.261 e. The number of hydrogen-bond donors (Lipinski definition) is 0. The molecule has 0 saturated heterocycles. The van der Waals surface area contributed by atoms with Gasteiger partial charge >= 0.3 is 0 Å². The first-order chi connectivity index (χ1) is 12.5. The van der Waals surface area contributed by atoms with E-state index >= 15 is 0 Å². The number of thioether (sulfide) groups is 1. The average Bonchev–Trinajstić information content (AvgIpc) is 2.63. The van der Waals surface area contributed by atoms with Crippen molar-refractivity contribution < 1.29 is 0 Å². The molecule has 0 atom stereocenters. The minimum atomic E-state index is -0.107. The molecule has 0 spiro atoms. The van der Waals surface area contributed by atoms with Gasteiger partial charge in [-0.15, -0.1) is 0 Å². The molecule has 4 aromatic rings. The molecule has 3 heterocycles. The minimum absolute atomic E-state index is 0.0831. The van der Waals surface area contributed by atoms with Crippen molar-refractivity contribution >= 4 is 28.3 Å². The summed E-state index contributed by atoms with van der Waals surface area (Å²) >= 11 is 1.39. The largest absolute Gasteiger partial charge is 0.290 e. The normalized spacial score (nSPS) is 11.3. The number of benzene rings is 1. The molecule has 4 rings (SSSR count). The van der Waals surface area contributed by atoms with Crippen LogP contribution in [0, 0.1) is 6.92 Å². The predicted octanol–water partition coefficient (Wildman–Crippen LogP) is 2.54. The number of nitrogens with zero attached hydrogens (tertiary/aromatic N) is 4. The fourth-order valence-electron chi connectivity index (χ4n) is 2.90. The quantitative estimate of drug-likeness (QED) is 0.413. The molecule has 0 aliphatic carbocycles. The van der Waals surface area contributed by atoms with Gasteiger partial charge in [0.15, 0.2) is 5.16 Å². The van der Waals surface area contributed by atoms with Gasteiger partial charge in [0, 0.05) is 24.6 Å². The van der Waals surface area contributed by atoms with Crippen molar-refractivity contribution in [1.82, 2.24) is 18.9 Å². The molecule has 0 bridgehead atoms. The Kier molecular flexibility index (Phi) is 4.08. The smallest absolute Gasteiger partial charge is 0.261 e. The van der Waals surface area contributed by atoms with Gasteiger partial charge in [0.25, 0.3) is 11.1 Å². The summed E-state index contributed by atoms with van der Waals surface area (Å²) in [5, 5.41) is 1.19. The zero-order valence-corrected chi connectivity index (χ0v) is 15.2. The highest BCUT2D eigenvalue weighted by atomic mass is 32.2. The molecule has 0 unspecified atom stereocenters. The second-order valence-corrected chi connectivity index (χ2v) is 6.95. The molecule has 130 valence electrons. The van der Waals surface area contributed by atoms with Crippen LogP contribution in [0.5, 0.6) is 0 Å². The molecular weight excluding hydrogens is 348 g/mol. The standard InChI is InChI=1S/C19H16N4O2S/c1-12-6-5-9-16-20-13(10-17(24)23(12)16)11-26-19-21-15-8-4-3-7-14(15)18(25)22(19)2/h3-10H,11H2,1-2H3. The third kappa shape index (κ3) is 2.80. The van der Waals surface area contributed by atoms with Gasteiger partial charge in [0.1, 0.15) is 5.65 Å². The molecule has 6 nitrogen and oxygen atoms in total. The van der Waals surface area contributed by atoms with Crippen LogP contribution >= 0.6 is 11.8 Å². The zero-order valence-electron chi connectivity index (χ0n) is 14.3. The summed E-state index contributed by atoms with van der Waals surface area (Å²) < 4.78 is 3.11. The summed E-state index contributed by atoms with van der Waals surface area (Å²) in [6, 6.07) is 14.4. The van der Waals surface area contributed by atoms with Crippen LogP contribution in [0.1, 0.15) is 11.4 Å². The number of aromatic nitrogens is 4. The van der Waals surface area contributed by atoms with E-state index in [-0.39, 0.29) is 11.1 Å². The van der Waals surface area contributed by atoms with E-state index in [9.17, 15) is 9.59 Å². The van der Waals surface area contributed by atoms with E-state index in [1.54, 1.807) is 17.5 Å². The third-order valence-electron chi connectivity index (χ3n) is 4.22. The van der Waals surface area contributed by atoms with Crippen molar-refractivity contribution in [3.05, 3.63) is 80.6 Å². The molecule has 0 radical (unpaired) electrons. The van der Waals surface area contributed by atoms with Crippen LogP contribution in [0.4, 0.5) is 0 Å². The summed E-state index contributed by atoms with van der Waals surface area (Å²) in [5.74, 6) is 0.457. The van der Waals surface area contributed by atoms with E-state index in [4.69, 9.17) is 0 Å². The second kappa shape index (κ2) is 6.42. The lowest BCUT2D eigenvalue weighted by atomic mass is 10.2. The van der Waals surface area contributed by atoms with E-state index in [0.29, 0.717) is 33.2 Å². The summed E-state index contributed by atoms with van der Waals surface area (Å²) in [5.41, 5.74) is 2.60. The summed E-state index contributed by atoms with van der Waals surface area (Å²) in [6.07, 6.45) is 0. The fourth-order valence-corrected chi connectivity index (χ4v) is 3.77. The number of rotatable bonds is 3. The molecular formula is C19H16N4O2S. The molecule has 0 aliphatic heterocycles. The molecule has 0 saturated carbocycles. The topological polar surface area (TPSA) is 69.3 Å². The number of hydrogen-bond acceptors (Lipinski definition) is 5. The maximum atomic E-state index is 12.5. The average molecular weight is 364 g/mol. The highest BCUT2D eigenvalue weighted by Crippen LogP contribution is 2.20. The summed E-state index contributed by atoms with van der Waals surface area (Å²) in [6.45, 7) is 1.87. The molecule has 0 aliphatic rings. The van der Waals surface area contributed by atoms with Crippen molar-refractivity contribution in [2.75, 3.05) is 0 Å². The van der Waals surface area contributed by atoms with E-state index < -0.39 is 0 Å². The Balaban J connectivity index is 1.71. The first-order valence-corrected chi connectivity index (χ1v) is 9.10. The first kappa shape index (κ1) is 16.5. The molecule has 7 heteroatoms. The highest BCUT2D eigenvalue weighted by Gasteiger charge is 2.10. The Morgan fingerprint density at radius 2 is 1.85 bits per heavy atom. The lowest BCUT2D eigenvalue weighted by Crippen LogP contribution is -2.20. The van der Waals surface area contributed by atoms with Crippen molar-refractivity contribution in [3.8, 4) is 0 Å². The maximum absolute atomic E-state index is 12.5. The van der Waals surface area contributed by atoms with E-state index in [1.165, 1.54) is 22.4 Å². The second-order valence-electron chi connectivity index (χ2n) is 6.01. The van der Waals surface area contributed by atoms with Crippen molar-refractivity contribution in [1.29, 1.82) is 0 Å². The molecule has 0 fully saturated rings. The number of pyridine rings is 1. The van der Waals surface area contributed by atoms with Gasteiger partial charge in [0.2, 0.25) is 0 Å². The summed E-state index contributed by atoms with van der Waals surface area (Å²) in [4.78, 5) is 34.0. The van der Waals surface area contributed by atoms with Crippen LogP contribution in [-0.4, -0.2) is 18.9 Å². The van der Waals surface area contributed by atoms with Crippen LogP contribution in [0.3, 0.4) is 0 Å². The Hall–Kier alpha value is -2.93. The van der Waals surface area contributed by atoms with E-state index in [2.05, 4.69) is 9.97 Å². The van der Waals surface area contributed by atoms with Gasteiger partial charge in [-0.25, -0.2) is 9.97 Å². The summed E-state index contributed by atoms with van der Waals surface area (Å²) in [7, 11) is 1.70. The van der Waals surface area contributed by atoms with Gasteiger partial charge in [-0.3, -0.25) is 18.6 Å². The van der Waals surface area contributed by atoms with Gasteiger partial charge in [-0.05, 0) is 31.2 Å². The molecule has 26 heavy (non-hydrogen) atoms. The Morgan fingerprint density at radius 1 is 1.04 bits per heavy atom. The Bertz CT molecular complexity index is 1260. The highest BCUT2D eigenvalue weighted by molar-refractivity contribution is 7.98. The predicted molar refractivity (Wildman–Crippen MR) is 103 cm³/mol. The zero-order chi connectivity index (χ0) is 18.3. The van der Waals surface area contributed by atoms with E-state index in [0.717, 1.165) is 5.69 Å². The minimum Gasteiger partial charge on any atom is -0.290 e. The molecule has 3 aromatic heterocycles. The number of fused-ring (bicyclic) bond motifs is 2. The van der Waals surface area contributed by atoms with Crippen molar-refractivity contribution in [2.24, 2.45) is 7.05 Å². The van der Waals surface area contributed by atoms with Gasteiger partial charge in [0.05, 0.1) is 16.6 Å². The van der Waals surface area contributed by atoms with E-state index in [1.807, 2.05) is 43.3 Å². The van der Waals surface area contributed by atoms with Crippen LogP contribution < -0.4 is 11.1 Å². The SMILES string of the molecule is Cc1cccc2nc(CSc3nc4ccccc4c(=O)n3C)cc(=O)n12. The lowest BCUT2D eigenvalue weighted by molar-refractivity contribution is 0.726. The van der Waals surface area contributed by atoms with Crippen LogP contribution in [0.2, 0.25) is 0 Å². The van der Waals surface area contributed by atoms with Crippen molar-refractivity contribution in [3.63, 3.8) is 0 Å². The first-order valence-electron chi connectivity index (χ1n) is 8.11.